The van der Waals surface area contributed by atoms with E-state index in [-0.39, 0.29) is 18.2 Å². The highest BCUT2D eigenvalue weighted by Crippen LogP contribution is 2.26. The Balaban J connectivity index is 2.02. The fourth-order valence-electron chi connectivity index (χ4n) is 2.16. The van der Waals surface area contributed by atoms with Crippen molar-refractivity contribution in [3.63, 3.8) is 0 Å². The summed E-state index contributed by atoms with van der Waals surface area (Å²) in [5.74, 6) is 0.893. The van der Waals surface area contributed by atoms with E-state index in [1.165, 1.54) is 0 Å². The fourth-order valence-corrected chi connectivity index (χ4v) is 2.75. The lowest BCUT2D eigenvalue weighted by atomic mass is 10.1. The molecule has 1 fully saturated rings. The number of carbonyl (C=O) groups excluding carboxylic acids is 2. The monoisotopic (exact) mass is 325 g/mol. The van der Waals surface area contributed by atoms with Crippen molar-refractivity contribution in [1.29, 1.82) is 0 Å². The predicted octanol–water partition coefficient (Wildman–Crippen LogP) is 2.19. The minimum atomic E-state index is 0.00474. The molecule has 0 N–H and O–H groups in total. The van der Waals surface area contributed by atoms with Crippen LogP contribution in [0.5, 0.6) is 5.75 Å². The van der Waals surface area contributed by atoms with Crippen LogP contribution in [0, 0.1) is 0 Å². The van der Waals surface area contributed by atoms with Crippen molar-refractivity contribution in [3.05, 3.63) is 28.2 Å². The third kappa shape index (κ3) is 3.56. The van der Waals surface area contributed by atoms with Gasteiger partial charge in [-0.1, -0.05) is 6.07 Å². The number of piperidine rings is 1. The second kappa shape index (κ2) is 6.19. The summed E-state index contributed by atoms with van der Waals surface area (Å²) in [6.45, 7) is 0.943. The molecular formula is C14H16BrNO3. The Labute approximate surface area is 120 Å². The number of nitrogens with zero attached hydrogens (tertiary/aromatic N) is 1. The van der Waals surface area contributed by atoms with Gasteiger partial charge in [0.1, 0.15) is 5.75 Å². The molecule has 4 nitrogen and oxygen atoms in total. The van der Waals surface area contributed by atoms with Gasteiger partial charge >= 0.3 is 0 Å². The largest absolute Gasteiger partial charge is 0.496 e. The number of hydrogen-bond donors (Lipinski definition) is 0. The summed E-state index contributed by atoms with van der Waals surface area (Å²) in [4.78, 5) is 25.1. The molecule has 0 atom stereocenters. The molecule has 5 heteroatoms. The predicted molar refractivity (Wildman–Crippen MR) is 75.2 cm³/mol. The molecule has 0 radical (unpaired) electrons. The van der Waals surface area contributed by atoms with Crippen molar-refractivity contribution >= 4 is 27.6 Å². The van der Waals surface area contributed by atoms with Crippen molar-refractivity contribution < 1.29 is 14.3 Å². The number of halogens is 1. The maximum atomic E-state index is 12.1. The first kappa shape index (κ1) is 14.1. The van der Waals surface area contributed by atoms with Crippen LogP contribution in [0.15, 0.2) is 22.7 Å². The first-order valence-corrected chi connectivity index (χ1v) is 7.01. The Morgan fingerprint density at radius 3 is 2.89 bits per heavy atom. The van der Waals surface area contributed by atoms with E-state index in [0.29, 0.717) is 19.4 Å². The van der Waals surface area contributed by atoms with Gasteiger partial charge in [-0.3, -0.25) is 9.59 Å². The zero-order chi connectivity index (χ0) is 13.8. The molecule has 0 unspecified atom stereocenters. The number of rotatable bonds is 3. The molecule has 1 amide bonds. The second-order valence-electron chi connectivity index (χ2n) is 4.60. The van der Waals surface area contributed by atoms with E-state index in [1.807, 2.05) is 18.2 Å². The van der Waals surface area contributed by atoms with Crippen LogP contribution in [0.2, 0.25) is 0 Å². The minimum absolute atomic E-state index is 0.00474. The van der Waals surface area contributed by atoms with Gasteiger partial charge in [-0.2, -0.15) is 0 Å². The van der Waals surface area contributed by atoms with Gasteiger partial charge < -0.3 is 9.64 Å². The number of likely N-dealkylation sites (tertiary alicyclic amines) is 1. The number of hydrogen-bond acceptors (Lipinski definition) is 3. The topological polar surface area (TPSA) is 46.6 Å². The number of amides is 1. The van der Waals surface area contributed by atoms with E-state index in [1.54, 1.807) is 12.0 Å². The lowest BCUT2D eigenvalue weighted by Crippen LogP contribution is -2.40. The van der Waals surface area contributed by atoms with E-state index in [0.717, 1.165) is 22.2 Å². The van der Waals surface area contributed by atoms with Crippen LogP contribution in [0.1, 0.15) is 18.4 Å². The van der Waals surface area contributed by atoms with Crippen LogP contribution in [-0.4, -0.2) is 36.8 Å². The van der Waals surface area contributed by atoms with Gasteiger partial charge in [0.05, 0.1) is 24.5 Å². The van der Waals surface area contributed by atoms with Gasteiger partial charge in [0.15, 0.2) is 5.78 Å². The van der Waals surface area contributed by atoms with Crippen molar-refractivity contribution in [2.45, 2.75) is 19.3 Å². The number of Topliss-reactive ketones (excluding diaryl/α,β-unsaturated/α-hetero) is 1. The van der Waals surface area contributed by atoms with Crippen LogP contribution in [-0.2, 0) is 16.0 Å². The van der Waals surface area contributed by atoms with Crippen LogP contribution < -0.4 is 4.74 Å². The lowest BCUT2D eigenvalue weighted by Gasteiger charge is -2.25. The first-order chi connectivity index (χ1) is 9.10. The summed E-state index contributed by atoms with van der Waals surface area (Å²) in [6.07, 6.45) is 1.69. The molecule has 19 heavy (non-hydrogen) atoms. The van der Waals surface area contributed by atoms with Crippen molar-refractivity contribution in [2.75, 3.05) is 20.2 Å². The molecule has 1 aliphatic heterocycles. The maximum Gasteiger partial charge on any atom is 0.227 e. The number of ketones is 1. The summed E-state index contributed by atoms with van der Waals surface area (Å²) >= 11 is 3.40. The standard InChI is InChI=1S/C14H16BrNO3/c1-19-13-5-4-10(7-12(13)15)8-14(18)16-6-2-3-11(17)9-16/h4-5,7H,2-3,6,8-9H2,1H3. The quantitative estimate of drug-likeness (QED) is 0.855. The molecule has 1 aliphatic rings. The first-order valence-electron chi connectivity index (χ1n) is 6.22. The molecule has 1 aromatic rings. The Kier molecular flexibility index (Phi) is 4.58. The Morgan fingerprint density at radius 2 is 2.26 bits per heavy atom. The molecule has 1 heterocycles. The van der Waals surface area contributed by atoms with Crippen LogP contribution in [0.25, 0.3) is 0 Å². The summed E-state index contributed by atoms with van der Waals surface area (Å²) < 4.78 is 5.98. The Morgan fingerprint density at radius 1 is 1.47 bits per heavy atom. The summed E-state index contributed by atoms with van der Waals surface area (Å²) in [6, 6.07) is 5.57. The summed E-state index contributed by atoms with van der Waals surface area (Å²) in [7, 11) is 1.60. The molecule has 0 aromatic heterocycles. The summed E-state index contributed by atoms with van der Waals surface area (Å²) in [5.41, 5.74) is 0.913. The van der Waals surface area contributed by atoms with Gasteiger partial charge in [0.25, 0.3) is 0 Å². The van der Waals surface area contributed by atoms with Gasteiger partial charge in [-0.25, -0.2) is 0 Å². The molecule has 0 bridgehead atoms. The molecular weight excluding hydrogens is 310 g/mol. The average Bonchev–Trinajstić information content (AvgIpc) is 2.39. The minimum Gasteiger partial charge on any atom is -0.496 e. The van der Waals surface area contributed by atoms with Crippen molar-refractivity contribution in [3.8, 4) is 5.75 Å². The van der Waals surface area contributed by atoms with Crippen LogP contribution in [0.4, 0.5) is 0 Å². The van der Waals surface area contributed by atoms with Gasteiger partial charge in [0.2, 0.25) is 5.91 Å². The van der Waals surface area contributed by atoms with Gasteiger partial charge in [0, 0.05) is 13.0 Å². The van der Waals surface area contributed by atoms with E-state index >= 15 is 0 Å². The third-order valence-electron chi connectivity index (χ3n) is 3.18. The third-order valence-corrected chi connectivity index (χ3v) is 3.79. The number of methoxy groups -OCH3 is 1. The van der Waals surface area contributed by atoms with Crippen molar-refractivity contribution in [1.82, 2.24) is 4.90 Å². The number of ether oxygens (including phenoxy) is 1. The van der Waals surface area contributed by atoms with E-state index < -0.39 is 0 Å². The van der Waals surface area contributed by atoms with Crippen LogP contribution >= 0.6 is 15.9 Å². The second-order valence-corrected chi connectivity index (χ2v) is 5.46. The zero-order valence-electron chi connectivity index (χ0n) is 10.8. The Hall–Kier alpha value is -1.36. The highest BCUT2D eigenvalue weighted by molar-refractivity contribution is 9.10. The molecule has 102 valence electrons. The van der Waals surface area contributed by atoms with Crippen molar-refractivity contribution in [2.24, 2.45) is 0 Å². The van der Waals surface area contributed by atoms with E-state index in [2.05, 4.69) is 15.9 Å². The van der Waals surface area contributed by atoms with Crippen LogP contribution in [0.3, 0.4) is 0 Å². The fraction of sp³-hybridized carbons (Fsp3) is 0.429. The SMILES string of the molecule is COc1ccc(CC(=O)N2CCCC(=O)C2)cc1Br. The van der Waals surface area contributed by atoms with Gasteiger partial charge in [-0.05, 0) is 40.0 Å². The normalized spacial score (nSPS) is 15.5. The number of carbonyl (C=O) groups is 2. The lowest BCUT2D eigenvalue weighted by molar-refractivity contribution is -0.137. The average molecular weight is 326 g/mol. The molecule has 0 aliphatic carbocycles. The molecule has 1 saturated heterocycles. The number of benzene rings is 1. The Bertz CT molecular complexity index is 501. The molecule has 1 aromatic carbocycles. The van der Waals surface area contributed by atoms with Gasteiger partial charge in [-0.15, -0.1) is 0 Å². The van der Waals surface area contributed by atoms with E-state index in [4.69, 9.17) is 4.74 Å². The zero-order valence-corrected chi connectivity index (χ0v) is 12.4. The molecule has 0 saturated carbocycles. The maximum absolute atomic E-state index is 12.1. The summed E-state index contributed by atoms with van der Waals surface area (Å²) in [5, 5.41) is 0. The molecule has 0 spiro atoms. The highest BCUT2D eigenvalue weighted by Gasteiger charge is 2.21. The highest BCUT2D eigenvalue weighted by atomic mass is 79.9. The van der Waals surface area contributed by atoms with E-state index in [9.17, 15) is 9.59 Å². The molecule has 2 rings (SSSR count). The smallest absolute Gasteiger partial charge is 0.227 e.